The van der Waals surface area contributed by atoms with Gasteiger partial charge in [0.25, 0.3) is 0 Å². The van der Waals surface area contributed by atoms with Crippen LogP contribution >= 0.6 is 11.6 Å². The molecule has 0 aliphatic heterocycles. The Hall–Kier alpha value is -2.01. The molecule has 0 saturated carbocycles. The van der Waals surface area contributed by atoms with E-state index in [0.717, 1.165) is 0 Å². The van der Waals surface area contributed by atoms with Crippen molar-refractivity contribution in [3.05, 3.63) is 35.0 Å². The van der Waals surface area contributed by atoms with Crippen LogP contribution in [0.5, 0.6) is 0 Å². The second-order valence-electron chi connectivity index (χ2n) is 3.71. The van der Waals surface area contributed by atoms with Crippen molar-refractivity contribution >= 4 is 34.4 Å². The van der Waals surface area contributed by atoms with Crippen LogP contribution in [-0.2, 0) is 16.1 Å². The predicted molar refractivity (Wildman–Crippen MR) is 65.9 cm³/mol. The number of carboxylic acids is 1. The van der Waals surface area contributed by atoms with E-state index < -0.39 is 11.9 Å². The smallest absolute Gasteiger partial charge is 0.337 e. The zero-order chi connectivity index (χ0) is 13.3. The van der Waals surface area contributed by atoms with Crippen LogP contribution in [0.1, 0.15) is 10.4 Å². The van der Waals surface area contributed by atoms with Crippen molar-refractivity contribution in [2.24, 2.45) is 0 Å². The van der Waals surface area contributed by atoms with Gasteiger partial charge in [0, 0.05) is 22.1 Å². The number of aromatic nitrogens is 1. The van der Waals surface area contributed by atoms with E-state index in [4.69, 9.17) is 16.7 Å². The van der Waals surface area contributed by atoms with Crippen molar-refractivity contribution in [2.45, 2.75) is 6.54 Å². The highest BCUT2D eigenvalue weighted by molar-refractivity contribution is 6.31. The first kappa shape index (κ1) is 12.4. The predicted octanol–water partition coefficient (Wildman–Crippen LogP) is 2.17. The average molecular weight is 268 g/mol. The summed E-state index contributed by atoms with van der Waals surface area (Å²) in [6.07, 6.45) is 1.40. The Balaban J connectivity index is 2.61. The first-order chi connectivity index (χ1) is 8.52. The minimum atomic E-state index is -1.06. The quantitative estimate of drug-likeness (QED) is 0.866. The van der Waals surface area contributed by atoms with Crippen molar-refractivity contribution in [3.8, 4) is 0 Å². The van der Waals surface area contributed by atoms with Gasteiger partial charge in [0.2, 0.25) is 0 Å². The summed E-state index contributed by atoms with van der Waals surface area (Å²) in [5.74, 6) is -1.51. The molecule has 0 radical (unpaired) electrons. The second kappa shape index (κ2) is 4.70. The highest BCUT2D eigenvalue weighted by Gasteiger charge is 2.16. The molecule has 1 heterocycles. The summed E-state index contributed by atoms with van der Waals surface area (Å²) in [6.45, 7) is -0.0398. The summed E-state index contributed by atoms with van der Waals surface area (Å²) < 4.78 is 6.09. The van der Waals surface area contributed by atoms with Gasteiger partial charge in [0.05, 0.1) is 12.7 Å². The Morgan fingerprint density at radius 3 is 2.78 bits per heavy atom. The fourth-order valence-electron chi connectivity index (χ4n) is 1.77. The van der Waals surface area contributed by atoms with E-state index in [2.05, 4.69) is 4.74 Å². The van der Waals surface area contributed by atoms with Gasteiger partial charge in [-0.05, 0) is 18.2 Å². The third-order valence-corrected chi connectivity index (χ3v) is 2.84. The van der Waals surface area contributed by atoms with Gasteiger partial charge in [-0.15, -0.1) is 0 Å². The normalized spacial score (nSPS) is 10.6. The highest BCUT2D eigenvalue weighted by atomic mass is 35.5. The number of aromatic carboxylic acids is 1. The number of benzene rings is 1. The summed E-state index contributed by atoms with van der Waals surface area (Å²) >= 11 is 5.84. The topological polar surface area (TPSA) is 68.5 Å². The molecule has 1 aromatic heterocycles. The molecule has 6 heteroatoms. The first-order valence-electron chi connectivity index (χ1n) is 5.11. The third-order valence-electron chi connectivity index (χ3n) is 2.60. The lowest BCUT2D eigenvalue weighted by Gasteiger charge is -2.03. The molecule has 1 N–H and O–H groups in total. The van der Waals surface area contributed by atoms with Crippen LogP contribution in [0.15, 0.2) is 24.4 Å². The number of methoxy groups -OCH3 is 1. The largest absolute Gasteiger partial charge is 0.478 e. The van der Waals surface area contributed by atoms with E-state index in [1.807, 2.05) is 0 Å². The fourth-order valence-corrected chi connectivity index (χ4v) is 1.95. The number of halogens is 1. The number of nitrogens with zero attached hydrogens (tertiary/aromatic N) is 1. The Morgan fingerprint density at radius 2 is 2.17 bits per heavy atom. The second-order valence-corrected chi connectivity index (χ2v) is 4.15. The number of esters is 1. The van der Waals surface area contributed by atoms with Crippen LogP contribution in [0.3, 0.4) is 0 Å². The Kier molecular flexibility index (Phi) is 3.25. The summed E-state index contributed by atoms with van der Waals surface area (Å²) in [4.78, 5) is 22.4. The summed E-state index contributed by atoms with van der Waals surface area (Å²) in [5, 5.41) is 10.0. The standard InChI is InChI=1S/C12H10ClNO4/c1-18-11(15)6-14-5-9(12(16)17)8-4-7(13)2-3-10(8)14/h2-5H,6H2,1H3,(H,16,17). The van der Waals surface area contributed by atoms with Gasteiger partial charge in [-0.2, -0.15) is 0 Å². The Morgan fingerprint density at radius 1 is 1.44 bits per heavy atom. The summed E-state index contributed by atoms with van der Waals surface area (Å²) in [7, 11) is 1.28. The molecule has 2 rings (SSSR count). The van der Waals surface area contributed by atoms with E-state index in [0.29, 0.717) is 15.9 Å². The SMILES string of the molecule is COC(=O)Cn1cc(C(=O)O)c2cc(Cl)ccc21. The van der Waals surface area contributed by atoms with E-state index in [9.17, 15) is 9.59 Å². The molecule has 18 heavy (non-hydrogen) atoms. The molecular weight excluding hydrogens is 258 g/mol. The number of carboxylic acid groups (broad SMARTS) is 1. The van der Waals surface area contributed by atoms with Crippen LogP contribution < -0.4 is 0 Å². The van der Waals surface area contributed by atoms with Gasteiger partial charge < -0.3 is 14.4 Å². The molecular formula is C12H10ClNO4. The molecule has 2 aromatic rings. The van der Waals surface area contributed by atoms with Gasteiger partial charge in [-0.3, -0.25) is 4.79 Å². The van der Waals surface area contributed by atoms with E-state index >= 15 is 0 Å². The van der Waals surface area contributed by atoms with Crippen LogP contribution in [0.2, 0.25) is 5.02 Å². The number of carbonyl (C=O) groups is 2. The number of fused-ring (bicyclic) bond motifs is 1. The molecule has 0 aliphatic rings. The fraction of sp³-hybridized carbons (Fsp3) is 0.167. The molecule has 1 aromatic carbocycles. The van der Waals surface area contributed by atoms with Gasteiger partial charge in [-0.25, -0.2) is 4.79 Å². The van der Waals surface area contributed by atoms with Crippen LogP contribution in [0.4, 0.5) is 0 Å². The van der Waals surface area contributed by atoms with Crippen LogP contribution in [0, 0.1) is 0 Å². The molecule has 0 fully saturated rings. The van der Waals surface area contributed by atoms with E-state index in [-0.39, 0.29) is 12.1 Å². The maximum absolute atomic E-state index is 11.3. The molecule has 0 amide bonds. The average Bonchev–Trinajstić information content (AvgIpc) is 2.67. The molecule has 5 nitrogen and oxygen atoms in total. The van der Waals surface area contributed by atoms with Crippen molar-refractivity contribution in [1.29, 1.82) is 0 Å². The molecule has 0 bridgehead atoms. The third kappa shape index (κ3) is 2.17. The Bertz CT molecular complexity index is 632. The zero-order valence-electron chi connectivity index (χ0n) is 9.51. The van der Waals surface area contributed by atoms with Crippen molar-refractivity contribution in [3.63, 3.8) is 0 Å². The minimum absolute atomic E-state index is 0.0398. The number of carbonyl (C=O) groups excluding carboxylic acids is 1. The van der Waals surface area contributed by atoms with Crippen LogP contribution in [0.25, 0.3) is 10.9 Å². The molecule has 0 unspecified atom stereocenters. The number of ether oxygens (including phenoxy) is 1. The van der Waals surface area contributed by atoms with Gasteiger partial charge in [-0.1, -0.05) is 11.6 Å². The van der Waals surface area contributed by atoms with Crippen molar-refractivity contribution in [2.75, 3.05) is 7.11 Å². The summed E-state index contributed by atoms with van der Waals surface area (Å²) in [6, 6.07) is 4.88. The number of hydrogen-bond donors (Lipinski definition) is 1. The highest BCUT2D eigenvalue weighted by Crippen LogP contribution is 2.25. The van der Waals surface area contributed by atoms with Crippen molar-refractivity contribution < 1.29 is 19.4 Å². The maximum Gasteiger partial charge on any atom is 0.337 e. The first-order valence-corrected chi connectivity index (χ1v) is 5.49. The molecule has 0 spiro atoms. The lowest BCUT2D eigenvalue weighted by Crippen LogP contribution is -2.10. The van der Waals surface area contributed by atoms with Gasteiger partial charge in [0.15, 0.2) is 0 Å². The minimum Gasteiger partial charge on any atom is -0.478 e. The molecule has 0 saturated heterocycles. The van der Waals surface area contributed by atoms with Gasteiger partial charge in [0.1, 0.15) is 6.54 Å². The maximum atomic E-state index is 11.3. The molecule has 0 aliphatic carbocycles. The zero-order valence-corrected chi connectivity index (χ0v) is 10.3. The molecule has 94 valence electrons. The number of rotatable bonds is 3. The van der Waals surface area contributed by atoms with Gasteiger partial charge >= 0.3 is 11.9 Å². The van der Waals surface area contributed by atoms with Crippen LogP contribution in [-0.4, -0.2) is 28.7 Å². The molecule has 0 atom stereocenters. The monoisotopic (exact) mass is 267 g/mol. The number of hydrogen-bond acceptors (Lipinski definition) is 3. The lowest BCUT2D eigenvalue weighted by molar-refractivity contribution is -0.141. The Labute approximate surface area is 108 Å². The van der Waals surface area contributed by atoms with E-state index in [1.165, 1.54) is 17.9 Å². The van der Waals surface area contributed by atoms with Crippen molar-refractivity contribution in [1.82, 2.24) is 4.57 Å². The lowest BCUT2D eigenvalue weighted by atomic mass is 10.2. The summed E-state index contributed by atoms with van der Waals surface area (Å²) in [5.41, 5.74) is 0.735. The van der Waals surface area contributed by atoms with E-state index in [1.54, 1.807) is 18.2 Å².